The highest BCUT2D eigenvalue weighted by atomic mass is 31.2. The number of hydrogen-bond donors (Lipinski definition) is 12. The molecule has 74 heavy (non-hydrogen) atoms. The van der Waals surface area contributed by atoms with Crippen molar-refractivity contribution in [1.82, 2.24) is 0 Å². The van der Waals surface area contributed by atoms with Gasteiger partial charge in [-0.25, -0.2) is 0 Å². The number of phenols is 6. The van der Waals surface area contributed by atoms with E-state index in [9.17, 15) is 30.6 Å². The summed E-state index contributed by atoms with van der Waals surface area (Å²) in [5.74, 6) is 1.03. The number of hydrogen-bond acceptors (Lipinski definition) is 12. The Balaban J connectivity index is 0.000000138. The Kier molecular flexibility index (Phi) is 16.5. The van der Waals surface area contributed by atoms with Crippen molar-refractivity contribution in [3.05, 3.63) is 218 Å². The van der Waals surface area contributed by atoms with Gasteiger partial charge in [0.15, 0.2) is 0 Å². The summed E-state index contributed by atoms with van der Waals surface area (Å²) in [6.45, 7) is 0. The number of aromatic hydroxyl groups is 6. The monoisotopic (exact) mass is 1020 g/mol. The van der Waals surface area contributed by atoms with E-state index < -0.39 is 17.2 Å². The number of rotatable bonds is 3. The lowest BCUT2D eigenvalue weighted by Gasteiger charge is -2.14. The first-order chi connectivity index (χ1) is 35.7. The predicted molar refractivity (Wildman–Crippen MR) is 298 cm³/mol. The van der Waals surface area contributed by atoms with Crippen molar-refractivity contribution in [2.24, 2.45) is 0 Å². The summed E-state index contributed by atoms with van der Waals surface area (Å²) < 4.78 is 0. The van der Waals surface area contributed by atoms with E-state index in [4.69, 9.17) is 29.4 Å². The maximum atomic E-state index is 10.4. The van der Waals surface area contributed by atoms with E-state index in [1.807, 2.05) is 182 Å². The molecule has 0 saturated heterocycles. The molecule has 0 fully saturated rings. The van der Waals surface area contributed by atoms with Crippen LogP contribution in [0.5, 0.6) is 34.5 Å². The molecule has 0 spiro atoms. The maximum Gasteiger partial charge on any atom is 0.324 e. The number of benzene rings is 12. The van der Waals surface area contributed by atoms with Gasteiger partial charge in [0.05, 0.1) is 0 Å². The molecule has 12 nitrogen and oxygen atoms in total. The molecule has 0 saturated carbocycles. The molecule has 12 rings (SSSR count). The molecular formula is C60H48O12P2. The molecule has 0 atom stereocenters. The minimum atomic E-state index is -2.62. The average molecular weight is 1020 g/mol. The van der Waals surface area contributed by atoms with Gasteiger partial charge in [-0.15, -0.1) is 0 Å². The summed E-state index contributed by atoms with van der Waals surface area (Å²) in [7, 11) is -5.24. The molecule has 0 unspecified atom stereocenters. The van der Waals surface area contributed by atoms with Gasteiger partial charge >= 0.3 is 17.2 Å². The molecule has 0 aliphatic heterocycles. The maximum absolute atomic E-state index is 10.4. The molecule has 0 bridgehead atoms. The molecule has 12 aromatic rings. The van der Waals surface area contributed by atoms with E-state index in [0.29, 0.717) is 33.4 Å². The largest absolute Gasteiger partial charge is 0.507 e. The minimum absolute atomic E-state index is 0.172. The fourth-order valence-corrected chi connectivity index (χ4v) is 9.14. The van der Waals surface area contributed by atoms with Gasteiger partial charge in [0.25, 0.3) is 0 Å². The normalized spacial score (nSPS) is 10.9. The first-order valence-electron chi connectivity index (χ1n) is 22.7. The summed E-state index contributed by atoms with van der Waals surface area (Å²) in [5, 5.41) is 74.3. The Hall–Kier alpha value is -8.38. The van der Waals surface area contributed by atoms with E-state index in [1.54, 1.807) is 36.4 Å². The molecule has 0 aliphatic rings. The second kappa shape index (κ2) is 23.4. The Morgan fingerprint density at radius 1 is 0.176 bits per heavy atom. The van der Waals surface area contributed by atoms with Crippen LogP contribution in [0.3, 0.4) is 0 Å². The first kappa shape index (κ1) is 52.0. The highest BCUT2D eigenvalue weighted by Gasteiger charge is 2.19. The predicted octanol–water partition coefficient (Wildman–Crippen LogP) is 13.6. The summed E-state index contributed by atoms with van der Waals surface area (Å²) in [6.07, 6.45) is 0. The van der Waals surface area contributed by atoms with Crippen LogP contribution in [0.25, 0.3) is 98.0 Å². The van der Waals surface area contributed by atoms with Crippen molar-refractivity contribution in [3.63, 3.8) is 0 Å². The Morgan fingerprint density at radius 3 is 0.432 bits per heavy atom. The fourth-order valence-electron chi connectivity index (χ4n) is 9.14. The molecule has 0 amide bonds. The third kappa shape index (κ3) is 11.4. The summed E-state index contributed by atoms with van der Waals surface area (Å²) in [5.41, 5.74) is 4.04. The van der Waals surface area contributed by atoms with Crippen LogP contribution in [0.1, 0.15) is 0 Å². The van der Waals surface area contributed by atoms with Crippen molar-refractivity contribution >= 4 is 81.8 Å². The third-order valence-corrected chi connectivity index (χ3v) is 12.2. The molecule has 12 N–H and O–H groups in total. The summed E-state index contributed by atoms with van der Waals surface area (Å²) in [4.78, 5) is 43.4. The van der Waals surface area contributed by atoms with Gasteiger partial charge in [0, 0.05) is 33.4 Å². The van der Waals surface area contributed by atoms with E-state index in [1.165, 1.54) is 0 Å². The van der Waals surface area contributed by atoms with Crippen LogP contribution in [-0.2, 0) is 0 Å². The highest BCUT2D eigenvalue weighted by molar-refractivity contribution is 7.38. The summed E-state index contributed by atoms with van der Waals surface area (Å²) in [6, 6.07) is 68.6. The van der Waals surface area contributed by atoms with Crippen LogP contribution < -0.4 is 0 Å². The van der Waals surface area contributed by atoms with Crippen LogP contribution in [0.2, 0.25) is 0 Å². The zero-order chi connectivity index (χ0) is 52.5. The zero-order valence-corrected chi connectivity index (χ0v) is 40.8. The smallest absolute Gasteiger partial charge is 0.324 e. The van der Waals surface area contributed by atoms with Crippen LogP contribution in [0.15, 0.2) is 218 Å². The van der Waals surface area contributed by atoms with Crippen LogP contribution in [0, 0.1) is 0 Å². The Bertz CT molecular complexity index is 3280. The van der Waals surface area contributed by atoms with Crippen molar-refractivity contribution in [2.75, 3.05) is 0 Å². The molecule has 0 aliphatic carbocycles. The minimum Gasteiger partial charge on any atom is -0.507 e. The standard InChI is InChI=1S/3C20H14O2.2H3O3P/c3*21-17-11-9-13-5-1-3-7-15(13)19(17)20-16-8-4-2-6-14(16)10-12-18(20)22;2*1-4(2)3/h3*1-12,21-22H;2*1-3H. The van der Waals surface area contributed by atoms with Crippen molar-refractivity contribution in [3.8, 4) is 67.9 Å². The molecule has 0 radical (unpaired) electrons. The topological polar surface area (TPSA) is 243 Å². The molecule has 12 aromatic carbocycles. The highest BCUT2D eigenvalue weighted by Crippen LogP contribution is 2.47. The van der Waals surface area contributed by atoms with Gasteiger partial charge in [-0.05, 0) is 101 Å². The second-order valence-corrected chi connectivity index (χ2v) is 17.7. The van der Waals surface area contributed by atoms with Gasteiger partial charge in [0.2, 0.25) is 0 Å². The van der Waals surface area contributed by atoms with Crippen molar-refractivity contribution in [2.45, 2.75) is 0 Å². The van der Waals surface area contributed by atoms with Gasteiger partial charge in [-0.3, -0.25) is 0 Å². The lowest BCUT2D eigenvalue weighted by molar-refractivity contribution is 0.366. The van der Waals surface area contributed by atoms with Gasteiger partial charge < -0.3 is 60.0 Å². The zero-order valence-electron chi connectivity index (χ0n) is 39.0. The lowest BCUT2D eigenvalue weighted by Crippen LogP contribution is -1.86. The lowest BCUT2D eigenvalue weighted by atomic mass is 9.92. The molecular weight excluding hydrogens is 975 g/mol. The molecule has 370 valence electrons. The summed E-state index contributed by atoms with van der Waals surface area (Å²) >= 11 is 0. The third-order valence-electron chi connectivity index (χ3n) is 12.2. The van der Waals surface area contributed by atoms with E-state index in [2.05, 4.69) is 0 Å². The molecule has 0 aromatic heterocycles. The van der Waals surface area contributed by atoms with E-state index in [0.717, 1.165) is 64.6 Å². The average Bonchev–Trinajstić information content (AvgIpc) is 3.40. The van der Waals surface area contributed by atoms with E-state index >= 15 is 0 Å². The molecule has 0 heterocycles. The SMILES string of the molecule is OP(O)O.OP(O)O.Oc1ccc2ccccc2c1-c1c(O)ccc2ccccc12.Oc1ccc2ccccc2c1-c1c(O)ccc2ccccc12.Oc1ccc2ccccc2c1-c1c(O)ccc2ccccc12. The molecule has 14 heteroatoms. The van der Waals surface area contributed by atoms with Crippen molar-refractivity contribution in [1.29, 1.82) is 0 Å². The van der Waals surface area contributed by atoms with Crippen LogP contribution in [-0.4, -0.2) is 60.0 Å². The number of fused-ring (bicyclic) bond motifs is 6. The quantitative estimate of drug-likeness (QED) is 0.0740. The second-order valence-electron chi connectivity index (χ2n) is 16.6. The van der Waals surface area contributed by atoms with Crippen LogP contribution >= 0.6 is 17.2 Å². The Morgan fingerprint density at radius 2 is 0.297 bits per heavy atom. The van der Waals surface area contributed by atoms with Gasteiger partial charge in [-0.1, -0.05) is 182 Å². The van der Waals surface area contributed by atoms with Gasteiger partial charge in [-0.2, -0.15) is 0 Å². The van der Waals surface area contributed by atoms with Gasteiger partial charge in [0.1, 0.15) is 34.5 Å². The number of phenolic OH excluding ortho intramolecular Hbond substituents is 6. The first-order valence-corrected chi connectivity index (χ1v) is 25.1. The fraction of sp³-hybridized carbons (Fsp3) is 0. The van der Waals surface area contributed by atoms with Crippen LogP contribution in [0.4, 0.5) is 0 Å². The Labute approximate surface area is 426 Å². The van der Waals surface area contributed by atoms with E-state index in [-0.39, 0.29) is 34.5 Å². The van der Waals surface area contributed by atoms with Crippen molar-refractivity contribution < 1.29 is 60.0 Å².